The predicted octanol–water partition coefficient (Wildman–Crippen LogP) is 3.28. The Morgan fingerprint density at radius 2 is 2.29 bits per heavy atom. The van der Waals surface area contributed by atoms with Gasteiger partial charge in [0, 0.05) is 18.0 Å². The Kier molecular flexibility index (Phi) is 3.57. The van der Waals surface area contributed by atoms with Crippen LogP contribution in [0.1, 0.15) is 38.5 Å². The number of rotatable bonds is 2. The van der Waals surface area contributed by atoms with Crippen molar-refractivity contribution in [2.45, 2.75) is 39.0 Å². The molecule has 1 aliphatic rings. The number of piperidine rings is 1. The van der Waals surface area contributed by atoms with E-state index < -0.39 is 0 Å². The van der Waals surface area contributed by atoms with Crippen molar-refractivity contribution in [1.29, 1.82) is 0 Å². The Morgan fingerprint density at radius 1 is 1.53 bits per heavy atom. The largest absolute Gasteiger partial charge is 0.342 e. The van der Waals surface area contributed by atoms with Crippen LogP contribution in [0.3, 0.4) is 0 Å². The second-order valence-electron chi connectivity index (χ2n) is 5.60. The minimum Gasteiger partial charge on any atom is -0.342 e. The molecule has 0 bridgehead atoms. The van der Waals surface area contributed by atoms with E-state index in [1.54, 1.807) is 11.3 Å². The number of amides is 1. The van der Waals surface area contributed by atoms with Crippen molar-refractivity contribution in [3.63, 3.8) is 0 Å². The number of thiophene rings is 1. The summed E-state index contributed by atoms with van der Waals surface area (Å²) < 4.78 is 0. The molecule has 0 spiro atoms. The molecule has 1 amide bonds. The molecule has 1 saturated heterocycles. The SMILES string of the molecule is CC1CCCN(C(=O)C(C)(C)c2cccs2)C1. The molecule has 0 aliphatic carbocycles. The summed E-state index contributed by atoms with van der Waals surface area (Å²) in [6.45, 7) is 8.17. The van der Waals surface area contributed by atoms with E-state index in [4.69, 9.17) is 0 Å². The standard InChI is InChI=1S/C14H21NOS/c1-11-6-4-8-15(10-11)13(16)14(2,3)12-7-5-9-17-12/h5,7,9,11H,4,6,8,10H2,1-3H3. The normalized spacial score (nSPS) is 21.6. The second kappa shape index (κ2) is 4.81. The highest BCUT2D eigenvalue weighted by Gasteiger charge is 2.35. The second-order valence-corrected chi connectivity index (χ2v) is 6.55. The third kappa shape index (κ3) is 2.54. The van der Waals surface area contributed by atoms with Crippen LogP contribution in [0.25, 0.3) is 0 Å². The Morgan fingerprint density at radius 3 is 2.88 bits per heavy atom. The minimum absolute atomic E-state index is 0.284. The molecule has 2 nitrogen and oxygen atoms in total. The summed E-state index contributed by atoms with van der Waals surface area (Å²) >= 11 is 1.68. The zero-order valence-corrected chi connectivity index (χ0v) is 11.7. The van der Waals surface area contributed by atoms with Crippen LogP contribution in [0.4, 0.5) is 0 Å². The Hall–Kier alpha value is -0.830. The quantitative estimate of drug-likeness (QED) is 0.790. The average Bonchev–Trinajstić information content (AvgIpc) is 2.82. The number of carbonyl (C=O) groups is 1. The maximum atomic E-state index is 12.6. The first-order valence-electron chi connectivity index (χ1n) is 6.35. The van der Waals surface area contributed by atoms with Gasteiger partial charge in [0.2, 0.25) is 5.91 Å². The molecule has 2 heterocycles. The molecule has 1 fully saturated rings. The van der Waals surface area contributed by atoms with E-state index in [1.807, 2.05) is 30.2 Å². The molecular weight excluding hydrogens is 230 g/mol. The number of likely N-dealkylation sites (tertiary alicyclic amines) is 1. The summed E-state index contributed by atoms with van der Waals surface area (Å²) in [7, 11) is 0. The average molecular weight is 251 g/mol. The monoisotopic (exact) mass is 251 g/mol. The fourth-order valence-corrected chi connectivity index (χ4v) is 3.35. The molecule has 3 heteroatoms. The molecule has 1 unspecified atom stereocenters. The molecule has 0 saturated carbocycles. The predicted molar refractivity (Wildman–Crippen MR) is 72.3 cm³/mol. The smallest absolute Gasteiger partial charge is 0.233 e. The van der Waals surface area contributed by atoms with Gasteiger partial charge in [-0.3, -0.25) is 4.79 Å². The highest BCUT2D eigenvalue weighted by Crippen LogP contribution is 2.31. The van der Waals surface area contributed by atoms with E-state index >= 15 is 0 Å². The number of hydrogen-bond donors (Lipinski definition) is 0. The van der Waals surface area contributed by atoms with Crippen LogP contribution < -0.4 is 0 Å². The fraction of sp³-hybridized carbons (Fsp3) is 0.643. The first kappa shape index (κ1) is 12.6. The van der Waals surface area contributed by atoms with E-state index in [0.717, 1.165) is 19.5 Å². The highest BCUT2D eigenvalue weighted by molar-refractivity contribution is 7.10. The summed E-state index contributed by atoms with van der Waals surface area (Å²) in [6, 6.07) is 4.09. The third-order valence-corrected chi connectivity index (χ3v) is 4.81. The number of hydrogen-bond acceptors (Lipinski definition) is 2. The molecule has 1 aromatic heterocycles. The zero-order chi connectivity index (χ0) is 12.5. The molecule has 0 radical (unpaired) electrons. The lowest BCUT2D eigenvalue weighted by Gasteiger charge is -2.36. The van der Waals surface area contributed by atoms with Crippen molar-refractivity contribution in [2.24, 2.45) is 5.92 Å². The first-order chi connectivity index (χ1) is 8.01. The molecule has 0 N–H and O–H groups in total. The van der Waals surface area contributed by atoms with Crippen molar-refractivity contribution in [2.75, 3.05) is 13.1 Å². The fourth-order valence-electron chi connectivity index (χ4n) is 2.51. The van der Waals surface area contributed by atoms with Gasteiger partial charge in [-0.25, -0.2) is 0 Å². The van der Waals surface area contributed by atoms with Gasteiger partial charge in [-0.05, 0) is 44.1 Å². The topological polar surface area (TPSA) is 20.3 Å². The number of nitrogens with zero attached hydrogens (tertiary/aromatic N) is 1. The molecule has 17 heavy (non-hydrogen) atoms. The van der Waals surface area contributed by atoms with Crippen LogP contribution in [-0.2, 0) is 10.2 Å². The van der Waals surface area contributed by atoms with Gasteiger partial charge >= 0.3 is 0 Å². The lowest BCUT2D eigenvalue weighted by atomic mass is 9.88. The van der Waals surface area contributed by atoms with Crippen molar-refractivity contribution < 1.29 is 4.79 Å². The lowest BCUT2D eigenvalue weighted by Crippen LogP contribution is -2.47. The van der Waals surface area contributed by atoms with Gasteiger partial charge in [-0.15, -0.1) is 11.3 Å². The van der Waals surface area contributed by atoms with E-state index in [2.05, 4.69) is 13.0 Å². The summed E-state index contributed by atoms with van der Waals surface area (Å²) in [5.74, 6) is 0.929. The van der Waals surface area contributed by atoms with E-state index in [9.17, 15) is 4.79 Å². The molecule has 2 rings (SSSR count). The van der Waals surface area contributed by atoms with Gasteiger partial charge in [-0.2, -0.15) is 0 Å². The van der Waals surface area contributed by atoms with Crippen LogP contribution in [0.2, 0.25) is 0 Å². The van der Waals surface area contributed by atoms with Crippen LogP contribution in [0, 0.1) is 5.92 Å². The third-order valence-electron chi connectivity index (χ3n) is 3.62. The van der Waals surface area contributed by atoms with Crippen molar-refractivity contribution in [3.05, 3.63) is 22.4 Å². The van der Waals surface area contributed by atoms with Crippen LogP contribution in [-0.4, -0.2) is 23.9 Å². The van der Waals surface area contributed by atoms with Gasteiger partial charge in [0.05, 0.1) is 5.41 Å². The van der Waals surface area contributed by atoms with E-state index in [0.29, 0.717) is 5.92 Å². The van der Waals surface area contributed by atoms with Crippen LogP contribution in [0.5, 0.6) is 0 Å². The van der Waals surface area contributed by atoms with Gasteiger partial charge in [0.25, 0.3) is 0 Å². The molecule has 1 aromatic rings. The van der Waals surface area contributed by atoms with Crippen LogP contribution in [0.15, 0.2) is 17.5 Å². The molecular formula is C14H21NOS. The van der Waals surface area contributed by atoms with Gasteiger partial charge < -0.3 is 4.90 Å². The van der Waals surface area contributed by atoms with E-state index in [-0.39, 0.29) is 11.3 Å². The minimum atomic E-state index is -0.370. The summed E-state index contributed by atoms with van der Waals surface area (Å²) in [5, 5.41) is 2.04. The van der Waals surface area contributed by atoms with Gasteiger partial charge in [-0.1, -0.05) is 13.0 Å². The summed E-state index contributed by atoms with van der Waals surface area (Å²) in [5.41, 5.74) is -0.370. The molecule has 94 valence electrons. The summed E-state index contributed by atoms with van der Waals surface area (Å²) in [4.78, 5) is 15.8. The van der Waals surface area contributed by atoms with E-state index in [1.165, 1.54) is 11.3 Å². The van der Waals surface area contributed by atoms with Gasteiger partial charge in [0.1, 0.15) is 0 Å². The Balaban J connectivity index is 2.13. The lowest BCUT2D eigenvalue weighted by molar-refractivity contribution is -0.137. The first-order valence-corrected chi connectivity index (χ1v) is 7.23. The molecule has 0 aromatic carbocycles. The maximum absolute atomic E-state index is 12.6. The highest BCUT2D eigenvalue weighted by atomic mass is 32.1. The maximum Gasteiger partial charge on any atom is 0.233 e. The van der Waals surface area contributed by atoms with Gasteiger partial charge in [0.15, 0.2) is 0 Å². The van der Waals surface area contributed by atoms with Crippen molar-refractivity contribution in [3.8, 4) is 0 Å². The number of carbonyl (C=O) groups excluding carboxylic acids is 1. The molecule has 1 aliphatic heterocycles. The Labute approximate surface area is 108 Å². The zero-order valence-electron chi connectivity index (χ0n) is 10.9. The van der Waals surface area contributed by atoms with Crippen LogP contribution >= 0.6 is 11.3 Å². The van der Waals surface area contributed by atoms with Crippen molar-refractivity contribution >= 4 is 17.2 Å². The van der Waals surface area contributed by atoms with Crippen molar-refractivity contribution in [1.82, 2.24) is 4.90 Å². The Bertz CT molecular complexity index is 383. The molecule has 1 atom stereocenters. The summed E-state index contributed by atoms with van der Waals surface area (Å²) in [6.07, 6.45) is 2.40.